The zero-order chi connectivity index (χ0) is 24.5. The van der Waals surface area contributed by atoms with Gasteiger partial charge in [-0.1, -0.05) is 41.5 Å². The molecule has 3 aliphatic heterocycles. The molecule has 0 aromatic rings. The van der Waals surface area contributed by atoms with E-state index in [1.807, 2.05) is 13.8 Å². The molecule has 0 bridgehead atoms. The van der Waals surface area contributed by atoms with Gasteiger partial charge in [-0.2, -0.15) is 10.2 Å². The van der Waals surface area contributed by atoms with E-state index in [9.17, 15) is 9.59 Å². The van der Waals surface area contributed by atoms with Crippen molar-refractivity contribution < 1.29 is 14.0 Å². The molecule has 178 valence electrons. The molecule has 1 fully saturated rings. The minimum absolute atomic E-state index is 0.0205. The molecule has 0 radical (unpaired) electrons. The number of nitrogens with zero attached hydrogens (tertiary/aromatic N) is 4. The van der Waals surface area contributed by atoms with Crippen molar-refractivity contribution in [3.8, 4) is 0 Å². The molecule has 4 atom stereocenters. The topological polar surface area (TPSA) is 74.6 Å². The largest absolute Gasteiger partial charge is 0.545 e. The number of hydrogen-bond acceptors (Lipinski definition) is 5. The lowest BCUT2D eigenvalue weighted by Crippen LogP contribution is -2.42. The van der Waals surface area contributed by atoms with Gasteiger partial charge in [-0.3, -0.25) is 9.59 Å². The second-order valence-electron chi connectivity index (χ2n) is 11.4. The van der Waals surface area contributed by atoms with Gasteiger partial charge in [0.05, 0.1) is 38.3 Å². The van der Waals surface area contributed by atoms with Gasteiger partial charge in [0.1, 0.15) is 0 Å². The van der Waals surface area contributed by atoms with Crippen LogP contribution >= 0.6 is 16.1 Å². The van der Waals surface area contributed by atoms with Gasteiger partial charge in [0.15, 0.2) is 0 Å². The van der Waals surface area contributed by atoms with Crippen molar-refractivity contribution in [2.45, 2.75) is 98.7 Å². The molecule has 3 aliphatic rings. The van der Waals surface area contributed by atoms with Gasteiger partial charge in [0, 0.05) is 30.7 Å². The van der Waals surface area contributed by atoms with Gasteiger partial charge >= 0.3 is 0 Å². The molecule has 10 heteroatoms. The number of rotatable bonds is 2. The summed E-state index contributed by atoms with van der Waals surface area (Å²) in [7, 11) is -4.37. The Labute approximate surface area is 196 Å². The van der Waals surface area contributed by atoms with Crippen molar-refractivity contribution in [3.63, 3.8) is 0 Å². The maximum absolute atomic E-state index is 12.7. The summed E-state index contributed by atoms with van der Waals surface area (Å²) in [4.78, 5) is 25.4. The molecule has 2 unspecified atom stereocenters. The predicted molar refractivity (Wildman–Crippen MR) is 137 cm³/mol. The van der Waals surface area contributed by atoms with E-state index in [4.69, 9.17) is 14.6 Å². The van der Waals surface area contributed by atoms with Gasteiger partial charge in [-0.25, -0.2) is 9.56 Å². The zero-order valence-corrected chi connectivity index (χ0v) is 24.4. The second kappa shape index (κ2) is 7.99. The lowest BCUT2D eigenvalue weighted by molar-refractivity contribution is -0.124. The Morgan fingerprint density at radius 2 is 1.25 bits per heavy atom. The molecule has 0 N–H and O–H groups in total. The Balaban J connectivity index is 2.32. The first-order valence-electron chi connectivity index (χ1n) is 11.1. The van der Waals surface area contributed by atoms with E-state index in [0.717, 1.165) is 22.2 Å². The third-order valence-electron chi connectivity index (χ3n) is 6.64. The average Bonchev–Trinajstić information content (AvgIpc) is 3.21. The van der Waals surface area contributed by atoms with E-state index in [1.165, 1.54) is 0 Å². The molecule has 1 saturated heterocycles. The average molecular weight is 497 g/mol. The van der Waals surface area contributed by atoms with Crippen molar-refractivity contribution in [3.05, 3.63) is 10.8 Å². The van der Waals surface area contributed by atoms with E-state index in [-0.39, 0.29) is 33.6 Å². The highest BCUT2D eigenvalue weighted by atomic mass is 31.2. The van der Waals surface area contributed by atoms with Crippen molar-refractivity contribution in [1.82, 2.24) is 9.56 Å². The molecule has 32 heavy (non-hydrogen) atoms. The number of allylic oxidation sites excluding steroid dienone is 1. The summed E-state index contributed by atoms with van der Waals surface area (Å²) in [6.07, 6.45) is 0. The van der Waals surface area contributed by atoms with Crippen LogP contribution in [-0.4, -0.2) is 52.4 Å². The molecule has 0 saturated carbocycles. The van der Waals surface area contributed by atoms with Crippen molar-refractivity contribution in [2.75, 3.05) is 0 Å². The minimum atomic E-state index is -2.18. The fraction of sp³-hybridized carbons (Fsp3) is 0.727. The summed E-state index contributed by atoms with van der Waals surface area (Å²) in [6, 6.07) is 0. The first kappa shape index (κ1) is 25.5. The zero-order valence-electron chi connectivity index (χ0n) is 21.6. The van der Waals surface area contributed by atoms with Gasteiger partial charge < -0.3 is 4.43 Å². The van der Waals surface area contributed by atoms with Crippen molar-refractivity contribution in [2.24, 2.45) is 15.6 Å². The number of carbonyl (C=O) groups excluding carboxylic acids is 2. The van der Waals surface area contributed by atoms with Gasteiger partial charge in [0.2, 0.25) is 20.1 Å². The van der Waals surface area contributed by atoms with E-state index >= 15 is 0 Å². The summed E-state index contributed by atoms with van der Waals surface area (Å²) in [6.45, 7) is 24.9. The number of hydrazone groups is 2. The van der Waals surface area contributed by atoms with Crippen LogP contribution in [0.5, 0.6) is 0 Å². The molecule has 2 amide bonds. The first-order valence-corrected chi connectivity index (χ1v) is 16.8. The highest BCUT2D eigenvalue weighted by Gasteiger charge is 2.63. The van der Waals surface area contributed by atoms with E-state index < -0.39 is 24.5 Å². The monoisotopic (exact) mass is 496 g/mol. The highest BCUT2D eigenvalue weighted by Crippen LogP contribution is 2.83. The van der Waals surface area contributed by atoms with Crippen molar-refractivity contribution >= 4 is 47.7 Å². The smallest absolute Gasteiger partial charge is 0.250 e. The van der Waals surface area contributed by atoms with Crippen molar-refractivity contribution in [1.29, 1.82) is 0 Å². The third-order valence-corrected chi connectivity index (χ3v) is 17.7. The molecule has 0 spiro atoms. The normalized spacial score (nSPS) is 27.8. The van der Waals surface area contributed by atoms with Crippen LogP contribution in [0.15, 0.2) is 21.0 Å². The van der Waals surface area contributed by atoms with Crippen LogP contribution in [0.4, 0.5) is 0 Å². The summed E-state index contributed by atoms with van der Waals surface area (Å²) in [5.74, 6) is 0.827. The molecular weight excluding hydrogens is 458 g/mol. The summed E-state index contributed by atoms with van der Waals surface area (Å²) in [5.41, 5.74) is 1.80. The SMILES string of the molecule is CC(=O)N1N=C(C)[C@H]2[C@@H]3C(C)=NN(C(C)=O)P3C(=C(O[Si](C)(C)C(C)(C)C)C(C)(C)C)P21. The standard InChI is InChI=1S/C22H38N4O3P2Si/c1-13-17-18-14(2)24-26(16(4)28)31(18)20(30(17)25(23-13)15(3)27)19(21(5,6)7)29-32(11,12)22(8,9)10/h17-18H,1-12H3/t17-,18-,30?,31?/m0/s1. The van der Waals surface area contributed by atoms with E-state index in [1.54, 1.807) is 23.4 Å². The van der Waals surface area contributed by atoms with Gasteiger partial charge in [0.25, 0.3) is 0 Å². The fourth-order valence-corrected chi connectivity index (χ4v) is 13.6. The lowest BCUT2D eigenvalue weighted by Gasteiger charge is -2.42. The molecule has 0 aliphatic carbocycles. The Morgan fingerprint density at radius 1 is 0.875 bits per heavy atom. The van der Waals surface area contributed by atoms with Crippen LogP contribution in [-0.2, 0) is 14.0 Å². The molecule has 0 aromatic heterocycles. The maximum Gasteiger partial charge on any atom is 0.250 e. The highest BCUT2D eigenvalue weighted by molar-refractivity contribution is 7.86. The molecule has 7 nitrogen and oxygen atoms in total. The van der Waals surface area contributed by atoms with E-state index in [2.05, 4.69) is 54.6 Å². The summed E-state index contributed by atoms with van der Waals surface area (Å²) >= 11 is 0. The fourth-order valence-electron chi connectivity index (χ4n) is 3.97. The molecule has 3 heterocycles. The quantitative estimate of drug-likeness (QED) is 0.258. The second-order valence-corrected chi connectivity index (χ2v) is 20.7. The Bertz CT molecular complexity index is 896. The lowest BCUT2D eigenvalue weighted by atomic mass is 9.95. The van der Waals surface area contributed by atoms with Crippen LogP contribution < -0.4 is 0 Å². The van der Waals surface area contributed by atoms with Gasteiger partial charge in [-0.05, 0) is 32.0 Å². The first-order chi connectivity index (χ1) is 14.4. The Morgan fingerprint density at radius 3 is 1.53 bits per heavy atom. The molecule has 0 aromatic carbocycles. The van der Waals surface area contributed by atoms with Crippen LogP contribution in [0, 0.1) is 5.41 Å². The Kier molecular flexibility index (Phi) is 6.37. The summed E-state index contributed by atoms with van der Waals surface area (Å²) in [5, 5.41) is 10.5. The molecule has 3 rings (SSSR count). The minimum Gasteiger partial charge on any atom is -0.545 e. The van der Waals surface area contributed by atoms with Crippen LogP contribution in [0.2, 0.25) is 18.1 Å². The summed E-state index contributed by atoms with van der Waals surface area (Å²) < 4.78 is 10.5. The number of carbonyl (C=O) groups is 2. The van der Waals surface area contributed by atoms with Crippen LogP contribution in [0.3, 0.4) is 0 Å². The Hall–Kier alpha value is -1.10. The maximum atomic E-state index is 12.7. The van der Waals surface area contributed by atoms with Crippen LogP contribution in [0.1, 0.15) is 69.2 Å². The number of amides is 2. The molecular formula is C22H38N4O3P2Si. The number of hydrogen-bond donors (Lipinski definition) is 0. The van der Waals surface area contributed by atoms with Gasteiger partial charge in [-0.15, -0.1) is 0 Å². The third kappa shape index (κ3) is 4.01. The van der Waals surface area contributed by atoms with E-state index in [0.29, 0.717) is 0 Å². The predicted octanol–water partition coefficient (Wildman–Crippen LogP) is 6.24. The van der Waals surface area contributed by atoms with Crippen LogP contribution in [0.25, 0.3) is 0 Å². The number of fused-ring (bicyclic) bond motifs is 3.